The molecule has 1 amide bonds. The van der Waals surface area contributed by atoms with Crippen LogP contribution in [0.25, 0.3) is 6.08 Å². The van der Waals surface area contributed by atoms with E-state index in [-0.39, 0.29) is 11.9 Å². The molecule has 0 saturated carbocycles. The van der Waals surface area contributed by atoms with E-state index in [0.29, 0.717) is 5.02 Å². The van der Waals surface area contributed by atoms with Crippen molar-refractivity contribution in [1.29, 1.82) is 0 Å². The number of halogens is 1. The van der Waals surface area contributed by atoms with Crippen LogP contribution in [0.15, 0.2) is 30.3 Å². The van der Waals surface area contributed by atoms with Crippen LogP contribution in [-0.4, -0.2) is 34.6 Å². The number of piperidine rings is 1. The Morgan fingerprint density at radius 2 is 2.10 bits per heavy atom. The Morgan fingerprint density at radius 1 is 1.40 bits per heavy atom. The highest BCUT2D eigenvalue weighted by Crippen LogP contribution is 2.20. The number of hydrogen-bond acceptors (Lipinski definition) is 2. The molecule has 0 spiro atoms. The first-order valence-electron chi connectivity index (χ1n) is 7.00. The summed E-state index contributed by atoms with van der Waals surface area (Å²) in [5.74, 6) is -0.0365. The number of aliphatic hydroxyl groups is 1. The van der Waals surface area contributed by atoms with Crippen LogP contribution < -0.4 is 0 Å². The summed E-state index contributed by atoms with van der Waals surface area (Å²) in [5, 5.41) is 10.5. The average Bonchev–Trinajstić information content (AvgIpc) is 2.46. The summed E-state index contributed by atoms with van der Waals surface area (Å²) in [5.41, 5.74) is 0.938. The van der Waals surface area contributed by atoms with Gasteiger partial charge in [-0.3, -0.25) is 4.79 Å². The number of rotatable bonds is 3. The number of hydrogen-bond donors (Lipinski definition) is 1. The van der Waals surface area contributed by atoms with Gasteiger partial charge in [-0.1, -0.05) is 23.7 Å². The first-order chi connectivity index (χ1) is 9.58. The fraction of sp³-hybridized carbons (Fsp3) is 0.438. The largest absolute Gasteiger partial charge is 0.391 e. The molecule has 1 aromatic rings. The van der Waals surface area contributed by atoms with Crippen molar-refractivity contribution in [2.24, 2.45) is 0 Å². The predicted octanol–water partition coefficient (Wildman–Crippen LogP) is 3.12. The van der Waals surface area contributed by atoms with Crippen LogP contribution in [0.3, 0.4) is 0 Å². The monoisotopic (exact) mass is 293 g/mol. The minimum absolute atomic E-state index is 0.0365. The molecule has 20 heavy (non-hydrogen) atoms. The highest BCUT2D eigenvalue weighted by Gasteiger charge is 2.28. The molecule has 1 aromatic carbocycles. The number of nitrogens with zero attached hydrogens (tertiary/aromatic N) is 1. The fourth-order valence-corrected chi connectivity index (χ4v) is 2.70. The zero-order valence-electron chi connectivity index (χ0n) is 11.6. The second-order valence-electron chi connectivity index (χ2n) is 5.22. The van der Waals surface area contributed by atoms with Gasteiger partial charge in [0, 0.05) is 17.6 Å². The lowest BCUT2D eigenvalue weighted by Gasteiger charge is -2.36. The van der Waals surface area contributed by atoms with Crippen molar-refractivity contribution in [1.82, 2.24) is 4.90 Å². The van der Waals surface area contributed by atoms with Gasteiger partial charge < -0.3 is 10.0 Å². The second kappa shape index (κ2) is 6.91. The van der Waals surface area contributed by atoms with Gasteiger partial charge in [-0.05, 0) is 50.0 Å². The van der Waals surface area contributed by atoms with Crippen molar-refractivity contribution in [3.05, 3.63) is 40.9 Å². The van der Waals surface area contributed by atoms with Gasteiger partial charge >= 0.3 is 0 Å². The molecular weight excluding hydrogens is 274 g/mol. The minimum atomic E-state index is -0.483. The summed E-state index contributed by atoms with van der Waals surface area (Å²) in [6.07, 6.45) is 5.82. The maximum Gasteiger partial charge on any atom is 0.246 e. The number of amides is 1. The van der Waals surface area contributed by atoms with Gasteiger partial charge in [0.15, 0.2) is 0 Å². The summed E-state index contributed by atoms with van der Waals surface area (Å²) >= 11 is 5.82. The normalized spacial score (nSPS) is 21.1. The molecular formula is C16H20ClNO2. The molecule has 108 valence electrons. The molecule has 1 aliphatic rings. The Bertz CT molecular complexity index is 482. The quantitative estimate of drug-likeness (QED) is 0.870. The molecule has 1 N–H and O–H groups in total. The van der Waals surface area contributed by atoms with Gasteiger partial charge in [0.25, 0.3) is 0 Å². The molecule has 2 atom stereocenters. The molecule has 2 rings (SSSR count). The third kappa shape index (κ3) is 3.84. The van der Waals surface area contributed by atoms with Crippen LogP contribution in [0.5, 0.6) is 0 Å². The summed E-state index contributed by atoms with van der Waals surface area (Å²) in [4.78, 5) is 14.0. The van der Waals surface area contributed by atoms with E-state index in [4.69, 9.17) is 11.6 Å². The van der Waals surface area contributed by atoms with Crippen LogP contribution >= 0.6 is 11.6 Å². The predicted molar refractivity (Wildman–Crippen MR) is 81.5 cm³/mol. The van der Waals surface area contributed by atoms with E-state index < -0.39 is 6.10 Å². The van der Waals surface area contributed by atoms with Gasteiger partial charge in [0.1, 0.15) is 0 Å². The highest BCUT2D eigenvalue weighted by atomic mass is 35.5. The van der Waals surface area contributed by atoms with E-state index in [1.54, 1.807) is 36.1 Å². The molecule has 1 heterocycles. The molecule has 2 unspecified atom stereocenters. The smallest absolute Gasteiger partial charge is 0.246 e. The van der Waals surface area contributed by atoms with Crippen LogP contribution in [0, 0.1) is 0 Å². The fourth-order valence-electron chi connectivity index (χ4n) is 2.57. The Hall–Kier alpha value is -1.32. The van der Waals surface area contributed by atoms with Crippen molar-refractivity contribution in [3.63, 3.8) is 0 Å². The molecule has 1 aliphatic heterocycles. The molecule has 0 radical (unpaired) electrons. The molecule has 1 fully saturated rings. The van der Waals surface area contributed by atoms with E-state index in [1.807, 2.05) is 12.1 Å². The minimum Gasteiger partial charge on any atom is -0.391 e. The van der Waals surface area contributed by atoms with Crippen LogP contribution in [0.1, 0.15) is 31.7 Å². The average molecular weight is 294 g/mol. The summed E-state index contributed by atoms with van der Waals surface area (Å²) in [7, 11) is 0. The maximum atomic E-state index is 12.3. The summed E-state index contributed by atoms with van der Waals surface area (Å²) < 4.78 is 0. The van der Waals surface area contributed by atoms with Crippen LogP contribution in [-0.2, 0) is 4.79 Å². The topological polar surface area (TPSA) is 40.5 Å². The van der Waals surface area contributed by atoms with Crippen LogP contribution in [0.4, 0.5) is 0 Å². The highest BCUT2D eigenvalue weighted by molar-refractivity contribution is 6.30. The molecule has 0 aromatic heterocycles. The standard InChI is InChI=1S/C16H20ClNO2/c1-12(19)15-4-2-3-11-18(15)16(20)10-7-13-5-8-14(17)9-6-13/h5-10,12,15,19H,2-4,11H2,1H3/b10-7+. The van der Waals surface area contributed by atoms with Gasteiger partial charge in [-0.2, -0.15) is 0 Å². The van der Waals surface area contributed by atoms with Gasteiger partial charge in [0.05, 0.1) is 12.1 Å². The maximum absolute atomic E-state index is 12.3. The summed E-state index contributed by atoms with van der Waals surface area (Å²) in [6, 6.07) is 7.27. The third-order valence-electron chi connectivity index (χ3n) is 3.68. The molecule has 4 heteroatoms. The molecule has 3 nitrogen and oxygen atoms in total. The zero-order chi connectivity index (χ0) is 14.5. The van der Waals surface area contributed by atoms with E-state index in [9.17, 15) is 9.90 Å². The summed E-state index contributed by atoms with van der Waals surface area (Å²) in [6.45, 7) is 2.47. The van der Waals surface area contributed by atoms with Crippen molar-refractivity contribution in [2.75, 3.05) is 6.54 Å². The molecule has 1 saturated heterocycles. The van der Waals surface area contributed by atoms with E-state index >= 15 is 0 Å². The van der Waals surface area contributed by atoms with Crippen molar-refractivity contribution in [2.45, 2.75) is 38.3 Å². The Labute approximate surface area is 124 Å². The van der Waals surface area contributed by atoms with Crippen molar-refractivity contribution >= 4 is 23.6 Å². The number of benzene rings is 1. The molecule has 0 bridgehead atoms. The van der Waals surface area contributed by atoms with Gasteiger partial charge in [-0.25, -0.2) is 0 Å². The number of likely N-dealkylation sites (tertiary alicyclic amines) is 1. The lowest BCUT2D eigenvalue weighted by Crippen LogP contribution is -2.48. The van der Waals surface area contributed by atoms with Crippen molar-refractivity contribution < 1.29 is 9.90 Å². The lowest BCUT2D eigenvalue weighted by molar-refractivity contribution is -0.132. The number of aliphatic hydroxyl groups excluding tert-OH is 1. The first kappa shape index (κ1) is 15.1. The SMILES string of the molecule is CC(O)C1CCCCN1C(=O)/C=C/c1ccc(Cl)cc1. The third-order valence-corrected chi connectivity index (χ3v) is 3.93. The van der Waals surface area contributed by atoms with Gasteiger partial charge in [-0.15, -0.1) is 0 Å². The van der Waals surface area contributed by atoms with Crippen molar-refractivity contribution in [3.8, 4) is 0 Å². The number of carbonyl (C=O) groups excluding carboxylic acids is 1. The van der Waals surface area contributed by atoms with Gasteiger partial charge in [0.2, 0.25) is 5.91 Å². The Morgan fingerprint density at radius 3 is 2.75 bits per heavy atom. The number of carbonyl (C=O) groups is 1. The van der Waals surface area contributed by atoms with E-state index in [2.05, 4.69) is 0 Å². The van der Waals surface area contributed by atoms with E-state index in [1.165, 1.54) is 0 Å². The molecule has 0 aliphatic carbocycles. The Balaban J connectivity index is 2.04. The first-order valence-corrected chi connectivity index (χ1v) is 7.38. The lowest BCUT2D eigenvalue weighted by atomic mass is 9.98. The van der Waals surface area contributed by atoms with Crippen LogP contribution in [0.2, 0.25) is 5.02 Å². The second-order valence-corrected chi connectivity index (χ2v) is 5.66. The zero-order valence-corrected chi connectivity index (χ0v) is 12.4. The van der Waals surface area contributed by atoms with E-state index in [0.717, 1.165) is 31.4 Å². The Kier molecular flexibility index (Phi) is 5.21.